The van der Waals surface area contributed by atoms with Crippen LogP contribution < -0.4 is 4.74 Å². The normalized spacial score (nSPS) is 17.0. The lowest BCUT2D eigenvalue weighted by molar-refractivity contribution is 0.0361. The van der Waals surface area contributed by atoms with E-state index in [1.165, 1.54) is 5.57 Å². The second-order valence-electron chi connectivity index (χ2n) is 7.21. The molecule has 148 valence electrons. The van der Waals surface area contributed by atoms with E-state index in [0.29, 0.717) is 12.4 Å². The number of rotatable bonds is 6. The Bertz CT molecular complexity index is 1050. The van der Waals surface area contributed by atoms with E-state index in [0.717, 1.165) is 61.6 Å². The van der Waals surface area contributed by atoms with Crippen LogP contribution in [0.25, 0.3) is 16.5 Å². The first kappa shape index (κ1) is 18.0. The number of hydrogen-bond donors (Lipinski definition) is 0. The largest absolute Gasteiger partial charge is 0.439 e. The number of fused-ring (bicyclic) bond motifs is 1. The lowest BCUT2D eigenvalue weighted by Gasteiger charge is -2.26. The molecule has 0 radical (unpaired) electrons. The van der Waals surface area contributed by atoms with Crippen LogP contribution in [0, 0.1) is 0 Å². The molecule has 0 bridgehead atoms. The van der Waals surface area contributed by atoms with Crippen LogP contribution >= 0.6 is 0 Å². The zero-order valence-electron chi connectivity index (χ0n) is 16.2. The first-order chi connectivity index (χ1) is 14.3. The van der Waals surface area contributed by atoms with Crippen molar-refractivity contribution in [2.24, 2.45) is 4.99 Å². The second-order valence-corrected chi connectivity index (χ2v) is 7.21. The standard InChI is InChI=1S/C22H23N5O2/c1-4-22(24-15-17(1)18-5-6-23-14-18)29-20-2-3-21-19(13-20)16-25-27(21)8-7-26-9-11-28-12-10-26/h1-6,13,15-16H,7-12,14H2. The lowest BCUT2D eigenvalue weighted by atomic mass is 10.1. The summed E-state index contributed by atoms with van der Waals surface area (Å²) in [6, 6.07) is 9.95. The van der Waals surface area contributed by atoms with Gasteiger partial charge in [-0.2, -0.15) is 5.10 Å². The molecule has 0 spiro atoms. The fraction of sp³-hybridized carbons (Fsp3) is 0.318. The predicted molar refractivity (Wildman–Crippen MR) is 113 cm³/mol. The monoisotopic (exact) mass is 389 g/mol. The fourth-order valence-electron chi connectivity index (χ4n) is 3.65. The highest BCUT2D eigenvalue weighted by Gasteiger charge is 2.12. The van der Waals surface area contributed by atoms with Gasteiger partial charge in [0.1, 0.15) is 5.75 Å². The van der Waals surface area contributed by atoms with Crippen molar-refractivity contribution >= 4 is 22.7 Å². The van der Waals surface area contributed by atoms with Crippen molar-refractivity contribution in [1.29, 1.82) is 0 Å². The predicted octanol–water partition coefficient (Wildman–Crippen LogP) is 3.02. The summed E-state index contributed by atoms with van der Waals surface area (Å²) in [6.45, 7) is 6.19. The Morgan fingerprint density at radius 2 is 1.97 bits per heavy atom. The van der Waals surface area contributed by atoms with Crippen molar-refractivity contribution < 1.29 is 9.47 Å². The molecule has 29 heavy (non-hydrogen) atoms. The number of nitrogens with zero attached hydrogens (tertiary/aromatic N) is 5. The topological polar surface area (TPSA) is 64.8 Å². The van der Waals surface area contributed by atoms with Gasteiger partial charge in [-0.3, -0.25) is 14.6 Å². The minimum Gasteiger partial charge on any atom is -0.439 e. The van der Waals surface area contributed by atoms with E-state index in [-0.39, 0.29) is 0 Å². The van der Waals surface area contributed by atoms with Crippen molar-refractivity contribution in [3.63, 3.8) is 0 Å². The quantitative estimate of drug-likeness (QED) is 0.648. The van der Waals surface area contributed by atoms with Crippen LogP contribution in [0.3, 0.4) is 0 Å². The van der Waals surface area contributed by atoms with Crippen LogP contribution in [0.5, 0.6) is 11.6 Å². The van der Waals surface area contributed by atoms with Crippen LogP contribution in [0.2, 0.25) is 0 Å². The maximum Gasteiger partial charge on any atom is 0.219 e. The lowest BCUT2D eigenvalue weighted by Crippen LogP contribution is -2.38. The van der Waals surface area contributed by atoms with Gasteiger partial charge in [-0.05, 0) is 41.5 Å². The van der Waals surface area contributed by atoms with E-state index in [4.69, 9.17) is 9.47 Å². The maximum absolute atomic E-state index is 5.95. The first-order valence-corrected chi connectivity index (χ1v) is 9.94. The second kappa shape index (κ2) is 8.14. The molecule has 7 heteroatoms. The molecule has 0 aliphatic carbocycles. The van der Waals surface area contributed by atoms with Gasteiger partial charge in [0.05, 0.1) is 38.0 Å². The summed E-state index contributed by atoms with van der Waals surface area (Å²) in [5.74, 6) is 1.33. The summed E-state index contributed by atoms with van der Waals surface area (Å²) in [5.41, 5.74) is 3.36. The van der Waals surface area contributed by atoms with Gasteiger partial charge in [0.2, 0.25) is 5.88 Å². The van der Waals surface area contributed by atoms with Crippen LogP contribution in [0.1, 0.15) is 5.56 Å². The van der Waals surface area contributed by atoms with E-state index in [2.05, 4.69) is 30.7 Å². The minimum atomic E-state index is 0.576. The zero-order valence-corrected chi connectivity index (χ0v) is 16.2. The van der Waals surface area contributed by atoms with E-state index in [9.17, 15) is 0 Å². The summed E-state index contributed by atoms with van der Waals surface area (Å²) in [7, 11) is 0. The summed E-state index contributed by atoms with van der Waals surface area (Å²) in [5, 5.41) is 5.62. The van der Waals surface area contributed by atoms with Crippen LogP contribution in [-0.4, -0.2) is 65.3 Å². The number of morpholine rings is 1. The third kappa shape index (κ3) is 4.06. The van der Waals surface area contributed by atoms with E-state index in [1.54, 1.807) is 0 Å². The zero-order chi connectivity index (χ0) is 19.5. The summed E-state index contributed by atoms with van der Waals surface area (Å²) < 4.78 is 13.4. The Kier molecular flexibility index (Phi) is 5.06. The van der Waals surface area contributed by atoms with E-state index in [1.807, 2.05) is 48.9 Å². The van der Waals surface area contributed by atoms with Crippen LogP contribution in [0.4, 0.5) is 0 Å². The molecule has 0 N–H and O–H groups in total. The smallest absolute Gasteiger partial charge is 0.219 e. The number of pyridine rings is 1. The minimum absolute atomic E-state index is 0.576. The Labute approximate surface area is 169 Å². The maximum atomic E-state index is 5.95. The third-order valence-corrected chi connectivity index (χ3v) is 5.32. The van der Waals surface area contributed by atoms with Gasteiger partial charge in [0, 0.05) is 43.5 Å². The molecule has 1 fully saturated rings. The number of aliphatic imine (C=N–C) groups is 1. The Morgan fingerprint density at radius 3 is 2.76 bits per heavy atom. The summed E-state index contributed by atoms with van der Waals surface area (Å²) in [6.07, 6.45) is 7.57. The molecular formula is C22H23N5O2. The van der Waals surface area contributed by atoms with Gasteiger partial charge in [0.15, 0.2) is 0 Å². The molecule has 0 saturated carbocycles. The van der Waals surface area contributed by atoms with Crippen molar-refractivity contribution in [3.8, 4) is 11.6 Å². The third-order valence-electron chi connectivity index (χ3n) is 5.32. The van der Waals surface area contributed by atoms with Gasteiger partial charge in [-0.25, -0.2) is 4.98 Å². The van der Waals surface area contributed by atoms with Crippen molar-refractivity contribution in [2.45, 2.75) is 6.54 Å². The number of benzene rings is 1. The SMILES string of the molecule is C1=NCC(c2ccc(Oc3ccc4c(cnn4CCN4CCOCC4)c3)nc2)=C1. The molecule has 0 unspecified atom stereocenters. The molecule has 0 atom stereocenters. The van der Waals surface area contributed by atoms with Gasteiger partial charge in [0.25, 0.3) is 0 Å². The molecule has 0 amide bonds. The number of hydrogen-bond acceptors (Lipinski definition) is 6. The molecule has 1 aromatic carbocycles. The Morgan fingerprint density at radius 1 is 1.03 bits per heavy atom. The molecule has 7 nitrogen and oxygen atoms in total. The highest BCUT2D eigenvalue weighted by molar-refractivity contribution is 5.89. The molecule has 3 aromatic rings. The summed E-state index contributed by atoms with van der Waals surface area (Å²) >= 11 is 0. The highest BCUT2D eigenvalue weighted by Crippen LogP contribution is 2.26. The Hall–Kier alpha value is -3.03. The average molecular weight is 389 g/mol. The molecule has 5 rings (SSSR count). The molecule has 1 saturated heterocycles. The first-order valence-electron chi connectivity index (χ1n) is 9.94. The summed E-state index contributed by atoms with van der Waals surface area (Å²) in [4.78, 5) is 11.1. The van der Waals surface area contributed by atoms with Gasteiger partial charge >= 0.3 is 0 Å². The van der Waals surface area contributed by atoms with E-state index >= 15 is 0 Å². The Balaban J connectivity index is 1.25. The van der Waals surface area contributed by atoms with Crippen LogP contribution in [-0.2, 0) is 11.3 Å². The number of allylic oxidation sites excluding steroid dienone is 1. The molecule has 2 aliphatic rings. The van der Waals surface area contributed by atoms with Crippen LogP contribution in [0.15, 0.2) is 53.8 Å². The number of aromatic nitrogens is 3. The van der Waals surface area contributed by atoms with Gasteiger partial charge in [-0.1, -0.05) is 0 Å². The van der Waals surface area contributed by atoms with Gasteiger partial charge in [-0.15, -0.1) is 0 Å². The van der Waals surface area contributed by atoms with Crippen molar-refractivity contribution in [3.05, 3.63) is 54.4 Å². The average Bonchev–Trinajstić information content (AvgIpc) is 3.44. The van der Waals surface area contributed by atoms with E-state index < -0.39 is 0 Å². The van der Waals surface area contributed by atoms with Gasteiger partial charge < -0.3 is 9.47 Å². The van der Waals surface area contributed by atoms with Crippen molar-refractivity contribution in [1.82, 2.24) is 19.7 Å². The highest BCUT2D eigenvalue weighted by atomic mass is 16.5. The molecule has 2 aromatic heterocycles. The molecule has 2 aliphatic heterocycles. The van der Waals surface area contributed by atoms with Crippen molar-refractivity contribution in [2.75, 3.05) is 39.4 Å². The fourth-order valence-corrected chi connectivity index (χ4v) is 3.65. The molecular weight excluding hydrogens is 366 g/mol. The number of ether oxygens (including phenoxy) is 2. The molecule has 4 heterocycles.